The summed E-state index contributed by atoms with van der Waals surface area (Å²) in [6.45, 7) is 0.255. The van der Waals surface area contributed by atoms with Gasteiger partial charge >= 0.3 is 11.4 Å². The molecule has 2 rings (SSSR count). The van der Waals surface area contributed by atoms with Gasteiger partial charge in [0.1, 0.15) is 5.75 Å². The Bertz CT molecular complexity index is 624. The molecule has 15 heavy (non-hydrogen) atoms. The molecular weight excluding hydrogens is 202 g/mol. The van der Waals surface area contributed by atoms with Crippen LogP contribution in [-0.2, 0) is 4.79 Å². The first kappa shape index (κ1) is 9.20. The average molecular weight is 207 g/mol. The summed E-state index contributed by atoms with van der Waals surface area (Å²) in [5.74, 6) is -0.616. The summed E-state index contributed by atoms with van der Waals surface area (Å²) in [5, 5.41) is 0.216. The SMILES string of the molecule is O=COc1ccc2c(=O)oc(=O)[nH]c2c1. The fraction of sp³-hybridized carbons (Fsp3) is 0. The van der Waals surface area contributed by atoms with Crippen LogP contribution in [0.3, 0.4) is 0 Å². The van der Waals surface area contributed by atoms with Crippen molar-refractivity contribution in [3.05, 3.63) is 39.2 Å². The Morgan fingerprint density at radius 2 is 2.13 bits per heavy atom. The predicted molar refractivity (Wildman–Crippen MR) is 49.8 cm³/mol. The molecule has 0 amide bonds. The maximum absolute atomic E-state index is 11.2. The molecule has 0 bridgehead atoms. The number of H-pyrrole nitrogens is 1. The van der Waals surface area contributed by atoms with Crippen LogP contribution in [0.2, 0.25) is 0 Å². The molecule has 0 saturated carbocycles. The summed E-state index contributed by atoms with van der Waals surface area (Å²) < 4.78 is 8.87. The lowest BCUT2D eigenvalue weighted by molar-refractivity contribution is -0.120. The molecule has 0 saturated heterocycles. The number of carbonyl (C=O) groups is 1. The molecule has 1 aromatic heterocycles. The largest absolute Gasteiger partial charge is 0.429 e. The van der Waals surface area contributed by atoms with E-state index >= 15 is 0 Å². The number of aromatic nitrogens is 1. The van der Waals surface area contributed by atoms with Crippen LogP contribution in [0.5, 0.6) is 5.75 Å². The molecule has 0 spiro atoms. The second kappa shape index (κ2) is 3.41. The second-order valence-electron chi connectivity index (χ2n) is 2.72. The quantitative estimate of drug-likeness (QED) is 0.701. The van der Waals surface area contributed by atoms with Gasteiger partial charge in [-0.05, 0) is 12.1 Å². The van der Waals surface area contributed by atoms with E-state index in [9.17, 15) is 14.4 Å². The number of ether oxygens (including phenoxy) is 1. The van der Waals surface area contributed by atoms with E-state index in [-0.39, 0.29) is 23.1 Å². The van der Waals surface area contributed by atoms with Crippen LogP contribution >= 0.6 is 0 Å². The minimum Gasteiger partial charge on any atom is -0.429 e. The number of carbonyl (C=O) groups excluding carboxylic acids is 1. The van der Waals surface area contributed by atoms with E-state index < -0.39 is 11.4 Å². The number of hydrogen-bond donors (Lipinski definition) is 1. The Balaban J connectivity index is 2.76. The number of hydrogen-bond acceptors (Lipinski definition) is 5. The Labute approximate surface area is 82.1 Å². The van der Waals surface area contributed by atoms with E-state index in [0.29, 0.717) is 0 Å². The lowest BCUT2D eigenvalue weighted by atomic mass is 10.2. The highest BCUT2D eigenvalue weighted by Gasteiger charge is 2.03. The van der Waals surface area contributed by atoms with Gasteiger partial charge in [-0.25, -0.2) is 9.59 Å². The van der Waals surface area contributed by atoms with Gasteiger partial charge in [0.05, 0.1) is 10.9 Å². The minimum absolute atomic E-state index is 0.216. The molecule has 6 heteroatoms. The summed E-state index contributed by atoms with van der Waals surface area (Å²) in [4.78, 5) is 34.4. The normalized spacial score (nSPS) is 10.1. The number of benzene rings is 1. The molecule has 1 heterocycles. The molecule has 0 aliphatic heterocycles. The standard InChI is InChI=1S/C9H5NO5/c11-4-14-5-1-2-6-7(3-5)10-9(13)15-8(6)12/h1-4H,(H,10,13). The van der Waals surface area contributed by atoms with Crippen LogP contribution in [0.4, 0.5) is 0 Å². The zero-order valence-corrected chi connectivity index (χ0v) is 7.35. The van der Waals surface area contributed by atoms with Crippen molar-refractivity contribution in [1.29, 1.82) is 0 Å². The number of rotatable bonds is 2. The highest BCUT2D eigenvalue weighted by Crippen LogP contribution is 2.14. The van der Waals surface area contributed by atoms with Crippen LogP contribution in [0.1, 0.15) is 0 Å². The van der Waals surface area contributed by atoms with E-state index in [1.807, 2.05) is 0 Å². The predicted octanol–water partition coefficient (Wildman–Crippen LogP) is 0.0165. The number of fused-ring (bicyclic) bond motifs is 1. The van der Waals surface area contributed by atoms with Gasteiger partial charge in [-0.1, -0.05) is 0 Å². The highest BCUT2D eigenvalue weighted by molar-refractivity contribution is 5.78. The van der Waals surface area contributed by atoms with Gasteiger partial charge in [-0.15, -0.1) is 0 Å². The fourth-order valence-electron chi connectivity index (χ4n) is 1.21. The molecule has 6 nitrogen and oxygen atoms in total. The molecule has 0 aliphatic carbocycles. The number of aromatic amines is 1. The molecule has 1 aromatic carbocycles. The van der Waals surface area contributed by atoms with E-state index in [1.54, 1.807) is 0 Å². The first-order chi connectivity index (χ1) is 7.20. The molecule has 76 valence electrons. The number of nitrogens with one attached hydrogen (secondary N) is 1. The Morgan fingerprint density at radius 1 is 1.33 bits per heavy atom. The Hall–Kier alpha value is -2.37. The molecule has 2 aromatic rings. The zero-order valence-electron chi connectivity index (χ0n) is 7.35. The van der Waals surface area contributed by atoms with Gasteiger partial charge in [0, 0.05) is 6.07 Å². The van der Waals surface area contributed by atoms with Crippen molar-refractivity contribution in [1.82, 2.24) is 4.98 Å². The molecule has 0 unspecified atom stereocenters. The third kappa shape index (κ3) is 1.64. The van der Waals surface area contributed by atoms with Crippen molar-refractivity contribution in [2.75, 3.05) is 0 Å². The Kier molecular flexibility index (Phi) is 2.09. The van der Waals surface area contributed by atoms with Crippen molar-refractivity contribution in [3.63, 3.8) is 0 Å². The van der Waals surface area contributed by atoms with Crippen molar-refractivity contribution >= 4 is 17.4 Å². The van der Waals surface area contributed by atoms with Crippen LogP contribution in [0.25, 0.3) is 10.9 Å². The third-order valence-corrected chi connectivity index (χ3v) is 1.82. The molecule has 0 fully saturated rings. The van der Waals surface area contributed by atoms with Gasteiger partial charge in [-0.2, -0.15) is 0 Å². The lowest BCUT2D eigenvalue weighted by Gasteiger charge is -1.98. The van der Waals surface area contributed by atoms with Crippen molar-refractivity contribution < 1.29 is 13.9 Å². The summed E-state index contributed by atoms with van der Waals surface area (Å²) >= 11 is 0. The molecule has 0 aliphatic rings. The van der Waals surface area contributed by atoms with Crippen LogP contribution < -0.4 is 16.1 Å². The smallest absolute Gasteiger partial charge is 0.419 e. The van der Waals surface area contributed by atoms with E-state index in [2.05, 4.69) is 14.1 Å². The fourth-order valence-corrected chi connectivity index (χ4v) is 1.21. The van der Waals surface area contributed by atoms with E-state index in [4.69, 9.17) is 0 Å². The van der Waals surface area contributed by atoms with Gasteiger partial charge in [0.15, 0.2) is 0 Å². The van der Waals surface area contributed by atoms with E-state index in [1.165, 1.54) is 18.2 Å². The highest BCUT2D eigenvalue weighted by atomic mass is 16.5. The maximum atomic E-state index is 11.2. The topological polar surface area (TPSA) is 89.4 Å². The second-order valence-corrected chi connectivity index (χ2v) is 2.72. The van der Waals surface area contributed by atoms with Gasteiger partial charge in [-0.3, -0.25) is 9.78 Å². The molecule has 0 atom stereocenters. The van der Waals surface area contributed by atoms with Crippen molar-refractivity contribution in [2.24, 2.45) is 0 Å². The van der Waals surface area contributed by atoms with Crippen LogP contribution in [0.15, 0.2) is 32.2 Å². The first-order valence-electron chi connectivity index (χ1n) is 3.98. The molecule has 1 N–H and O–H groups in total. The zero-order chi connectivity index (χ0) is 10.8. The van der Waals surface area contributed by atoms with Crippen LogP contribution in [0, 0.1) is 0 Å². The molecular formula is C9H5NO5. The van der Waals surface area contributed by atoms with Crippen molar-refractivity contribution in [3.8, 4) is 5.75 Å². The maximum Gasteiger partial charge on any atom is 0.419 e. The van der Waals surface area contributed by atoms with Gasteiger partial charge in [0.25, 0.3) is 6.47 Å². The first-order valence-corrected chi connectivity index (χ1v) is 3.98. The van der Waals surface area contributed by atoms with Crippen LogP contribution in [-0.4, -0.2) is 11.5 Å². The minimum atomic E-state index is -0.851. The average Bonchev–Trinajstić information content (AvgIpc) is 2.17. The summed E-state index contributed by atoms with van der Waals surface area (Å²) in [6.07, 6.45) is 0. The Morgan fingerprint density at radius 3 is 2.87 bits per heavy atom. The van der Waals surface area contributed by atoms with Gasteiger partial charge < -0.3 is 9.15 Å². The summed E-state index contributed by atoms with van der Waals surface area (Å²) in [6, 6.07) is 4.18. The van der Waals surface area contributed by atoms with Gasteiger partial charge in [0.2, 0.25) is 0 Å². The molecule has 0 radical (unpaired) electrons. The lowest BCUT2D eigenvalue weighted by Crippen LogP contribution is -2.14. The van der Waals surface area contributed by atoms with E-state index in [0.717, 1.165) is 0 Å². The third-order valence-electron chi connectivity index (χ3n) is 1.82. The summed E-state index contributed by atoms with van der Waals surface area (Å²) in [7, 11) is 0. The summed E-state index contributed by atoms with van der Waals surface area (Å²) in [5.41, 5.74) is -0.470. The monoisotopic (exact) mass is 207 g/mol. The van der Waals surface area contributed by atoms with Crippen molar-refractivity contribution in [2.45, 2.75) is 0 Å².